The number of halogens is 1. The third-order valence-electron chi connectivity index (χ3n) is 4.74. The molecule has 2 rings (SSSR count). The SMILES string of the molecule is CCOC(=O)c1cc(Cl)c(NC(=O)CCCOc2ccc(C(C)C)c(C)c2)cc1OC. The molecule has 0 saturated carbocycles. The second-order valence-corrected chi connectivity index (χ2v) is 7.83. The molecule has 0 radical (unpaired) electrons. The number of benzene rings is 2. The lowest BCUT2D eigenvalue weighted by atomic mass is 9.98. The fourth-order valence-corrected chi connectivity index (χ4v) is 3.42. The van der Waals surface area contributed by atoms with E-state index in [2.05, 4.69) is 32.2 Å². The Bertz CT molecular complexity index is 926. The van der Waals surface area contributed by atoms with E-state index >= 15 is 0 Å². The lowest BCUT2D eigenvalue weighted by Crippen LogP contribution is -2.14. The minimum atomic E-state index is -0.534. The molecular weight excluding hydrogens is 418 g/mol. The smallest absolute Gasteiger partial charge is 0.341 e. The van der Waals surface area contributed by atoms with Gasteiger partial charge in [-0.25, -0.2) is 4.79 Å². The standard InChI is InChI=1S/C24H30ClNO5/c1-6-30-24(28)19-13-20(25)21(14-22(19)29-5)26-23(27)8-7-11-31-17-9-10-18(15(2)3)16(4)12-17/h9-10,12-15H,6-8,11H2,1-5H3,(H,26,27). The van der Waals surface area contributed by atoms with Crippen LogP contribution in [0, 0.1) is 6.92 Å². The number of nitrogens with one attached hydrogen (secondary N) is 1. The van der Waals surface area contributed by atoms with Gasteiger partial charge in [0.25, 0.3) is 0 Å². The van der Waals surface area contributed by atoms with E-state index in [4.69, 9.17) is 25.8 Å². The van der Waals surface area contributed by atoms with Crippen molar-refractivity contribution in [1.29, 1.82) is 0 Å². The molecule has 2 aromatic rings. The number of amides is 1. The lowest BCUT2D eigenvalue weighted by molar-refractivity contribution is -0.116. The fourth-order valence-electron chi connectivity index (χ4n) is 3.21. The van der Waals surface area contributed by atoms with E-state index in [-0.39, 0.29) is 35.3 Å². The monoisotopic (exact) mass is 447 g/mol. The summed E-state index contributed by atoms with van der Waals surface area (Å²) >= 11 is 6.23. The summed E-state index contributed by atoms with van der Waals surface area (Å²) in [5, 5.41) is 2.98. The molecule has 0 aliphatic rings. The highest BCUT2D eigenvalue weighted by Gasteiger charge is 2.18. The number of esters is 1. The first kappa shape index (κ1) is 24.5. The molecule has 0 heterocycles. The average Bonchev–Trinajstić information content (AvgIpc) is 2.72. The summed E-state index contributed by atoms with van der Waals surface area (Å²) in [5.74, 6) is 0.802. The van der Waals surface area contributed by atoms with E-state index in [9.17, 15) is 9.59 Å². The molecule has 168 valence electrons. The van der Waals surface area contributed by atoms with Crippen molar-refractivity contribution < 1.29 is 23.8 Å². The Labute approximate surface area is 188 Å². The number of carbonyl (C=O) groups excluding carboxylic acids is 2. The second kappa shape index (κ2) is 11.6. The van der Waals surface area contributed by atoms with Crippen molar-refractivity contribution in [2.24, 2.45) is 0 Å². The zero-order chi connectivity index (χ0) is 23.0. The molecule has 6 nitrogen and oxygen atoms in total. The highest BCUT2D eigenvalue weighted by Crippen LogP contribution is 2.31. The van der Waals surface area contributed by atoms with Crippen molar-refractivity contribution in [2.75, 3.05) is 25.6 Å². The number of methoxy groups -OCH3 is 1. The molecule has 0 aromatic heterocycles. The Morgan fingerprint density at radius 3 is 2.52 bits per heavy atom. The highest BCUT2D eigenvalue weighted by molar-refractivity contribution is 6.34. The minimum absolute atomic E-state index is 0.206. The van der Waals surface area contributed by atoms with Crippen LogP contribution in [-0.2, 0) is 9.53 Å². The van der Waals surface area contributed by atoms with E-state index in [0.29, 0.717) is 24.6 Å². The first-order valence-electron chi connectivity index (χ1n) is 10.3. The summed E-state index contributed by atoms with van der Waals surface area (Å²) in [6, 6.07) is 9.01. The van der Waals surface area contributed by atoms with Crippen LogP contribution in [0.1, 0.15) is 61.0 Å². The maximum absolute atomic E-state index is 12.3. The van der Waals surface area contributed by atoms with Crippen LogP contribution in [0.2, 0.25) is 5.02 Å². The maximum Gasteiger partial charge on any atom is 0.341 e. The van der Waals surface area contributed by atoms with Gasteiger partial charge in [0, 0.05) is 12.5 Å². The largest absolute Gasteiger partial charge is 0.496 e. The van der Waals surface area contributed by atoms with Crippen molar-refractivity contribution in [1.82, 2.24) is 0 Å². The molecule has 7 heteroatoms. The van der Waals surface area contributed by atoms with Gasteiger partial charge in [0.2, 0.25) is 5.91 Å². The highest BCUT2D eigenvalue weighted by atomic mass is 35.5. The third kappa shape index (κ3) is 6.89. The first-order valence-corrected chi connectivity index (χ1v) is 10.7. The van der Waals surface area contributed by atoms with Crippen LogP contribution in [0.4, 0.5) is 5.69 Å². The molecule has 0 fully saturated rings. The van der Waals surface area contributed by atoms with Crippen LogP contribution in [0.25, 0.3) is 0 Å². The number of hydrogen-bond acceptors (Lipinski definition) is 5. The van der Waals surface area contributed by atoms with Crippen molar-refractivity contribution in [3.05, 3.63) is 52.0 Å². The molecular formula is C24H30ClNO5. The molecule has 0 aliphatic heterocycles. The molecule has 0 atom stereocenters. The molecule has 0 saturated heterocycles. The molecule has 0 aliphatic carbocycles. The number of rotatable bonds is 10. The predicted octanol–water partition coefficient (Wildman–Crippen LogP) is 5.75. The van der Waals surface area contributed by atoms with Crippen LogP contribution < -0.4 is 14.8 Å². The van der Waals surface area contributed by atoms with Gasteiger partial charge in [-0.05, 0) is 55.5 Å². The van der Waals surface area contributed by atoms with Crippen molar-refractivity contribution in [3.63, 3.8) is 0 Å². The van der Waals surface area contributed by atoms with Gasteiger partial charge in [-0.15, -0.1) is 0 Å². The fraction of sp³-hybridized carbons (Fsp3) is 0.417. The maximum atomic E-state index is 12.3. The zero-order valence-electron chi connectivity index (χ0n) is 18.7. The molecule has 1 N–H and O–H groups in total. The van der Waals surface area contributed by atoms with Crippen LogP contribution in [0.3, 0.4) is 0 Å². The van der Waals surface area contributed by atoms with Crippen LogP contribution in [0.5, 0.6) is 11.5 Å². The molecule has 2 aromatic carbocycles. The molecule has 0 spiro atoms. The van der Waals surface area contributed by atoms with Gasteiger partial charge in [-0.2, -0.15) is 0 Å². The Morgan fingerprint density at radius 2 is 1.90 bits per heavy atom. The summed E-state index contributed by atoms with van der Waals surface area (Å²) in [7, 11) is 1.43. The zero-order valence-corrected chi connectivity index (χ0v) is 19.5. The van der Waals surface area contributed by atoms with Crippen LogP contribution in [-0.4, -0.2) is 32.2 Å². The molecule has 0 bridgehead atoms. The second-order valence-electron chi connectivity index (χ2n) is 7.43. The van der Waals surface area contributed by atoms with E-state index in [1.807, 2.05) is 12.1 Å². The Balaban J connectivity index is 1.90. The summed E-state index contributed by atoms with van der Waals surface area (Å²) in [5.41, 5.74) is 3.07. The normalized spacial score (nSPS) is 10.7. The van der Waals surface area contributed by atoms with E-state index < -0.39 is 5.97 Å². The number of ether oxygens (including phenoxy) is 3. The topological polar surface area (TPSA) is 73.9 Å². The van der Waals surface area contributed by atoms with Crippen LogP contribution in [0.15, 0.2) is 30.3 Å². The summed E-state index contributed by atoms with van der Waals surface area (Å²) < 4.78 is 16.0. The minimum Gasteiger partial charge on any atom is -0.496 e. The molecule has 1 amide bonds. The van der Waals surface area contributed by atoms with Crippen LogP contribution >= 0.6 is 11.6 Å². The van der Waals surface area contributed by atoms with Gasteiger partial charge in [-0.3, -0.25) is 4.79 Å². The van der Waals surface area contributed by atoms with E-state index in [0.717, 1.165) is 5.75 Å². The summed E-state index contributed by atoms with van der Waals surface area (Å²) in [6.45, 7) is 8.77. The number of aryl methyl sites for hydroxylation is 1. The van der Waals surface area contributed by atoms with Gasteiger partial charge in [0.15, 0.2) is 0 Å². The van der Waals surface area contributed by atoms with Gasteiger partial charge in [0.05, 0.1) is 31.0 Å². The quantitative estimate of drug-likeness (QED) is 0.370. The number of anilines is 1. The van der Waals surface area contributed by atoms with Crippen molar-refractivity contribution in [2.45, 2.75) is 46.5 Å². The summed E-state index contributed by atoms with van der Waals surface area (Å²) in [6.07, 6.45) is 0.813. The third-order valence-corrected chi connectivity index (χ3v) is 5.05. The average molecular weight is 448 g/mol. The van der Waals surface area contributed by atoms with Crippen molar-refractivity contribution in [3.8, 4) is 11.5 Å². The van der Waals surface area contributed by atoms with Crippen molar-refractivity contribution >= 4 is 29.2 Å². The number of hydrogen-bond donors (Lipinski definition) is 1. The summed E-state index contributed by atoms with van der Waals surface area (Å²) in [4.78, 5) is 24.3. The van der Waals surface area contributed by atoms with Gasteiger partial charge in [-0.1, -0.05) is 31.5 Å². The Morgan fingerprint density at radius 1 is 1.16 bits per heavy atom. The molecule has 0 unspecified atom stereocenters. The predicted molar refractivity (Wildman–Crippen MR) is 123 cm³/mol. The Hall–Kier alpha value is -2.73. The van der Waals surface area contributed by atoms with Gasteiger partial charge < -0.3 is 19.5 Å². The first-order chi connectivity index (χ1) is 14.8. The van der Waals surface area contributed by atoms with E-state index in [1.165, 1.54) is 30.4 Å². The van der Waals surface area contributed by atoms with Gasteiger partial charge >= 0.3 is 5.97 Å². The van der Waals surface area contributed by atoms with Gasteiger partial charge in [0.1, 0.15) is 17.1 Å². The Kier molecular flexibility index (Phi) is 9.19. The van der Waals surface area contributed by atoms with E-state index in [1.54, 1.807) is 6.92 Å². The lowest BCUT2D eigenvalue weighted by Gasteiger charge is -2.13. The number of carbonyl (C=O) groups is 2. The molecule has 31 heavy (non-hydrogen) atoms.